The van der Waals surface area contributed by atoms with Gasteiger partial charge in [0.25, 0.3) is 0 Å². The summed E-state index contributed by atoms with van der Waals surface area (Å²) in [5.41, 5.74) is 4.58. The van der Waals surface area contributed by atoms with Gasteiger partial charge >= 0.3 is 0 Å². The predicted octanol–water partition coefficient (Wildman–Crippen LogP) is 4.07. The van der Waals surface area contributed by atoms with Crippen LogP contribution in [0.15, 0.2) is 12.1 Å². The Bertz CT molecular complexity index is 709. The monoisotopic (exact) mass is 357 g/mol. The van der Waals surface area contributed by atoms with Crippen molar-refractivity contribution in [3.05, 3.63) is 34.6 Å². The van der Waals surface area contributed by atoms with Crippen molar-refractivity contribution in [1.82, 2.24) is 15.0 Å². The third-order valence-corrected chi connectivity index (χ3v) is 4.37. The number of nitrogens with one attached hydrogen (secondary N) is 2. The Morgan fingerprint density at radius 2 is 1.65 bits per heavy atom. The molecule has 2 rings (SSSR count). The molecule has 1 aromatic carbocycles. The molecular weight excluding hydrogens is 326 g/mol. The second-order valence-corrected chi connectivity index (χ2v) is 6.82. The van der Waals surface area contributed by atoms with Gasteiger partial charge in [-0.2, -0.15) is 15.0 Å². The summed E-state index contributed by atoms with van der Waals surface area (Å²) in [7, 11) is 0. The lowest BCUT2D eigenvalue weighted by Gasteiger charge is -2.17. The third kappa shape index (κ3) is 5.39. The summed E-state index contributed by atoms with van der Waals surface area (Å²) in [4.78, 5) is 13.5. The summed E-state index contributed by atoms with van der Waals surface area (Å²) >= 11 is 0. The van der Waals surface area contributed by atoms with E-state index in [0.29, 0.717) is 11.9 Å². The van der Waals surface area contributed by atoms with Crippen LogP contribution in [0.25, 0.3) is 0 Å². The van der Waals surface area contributed by atoms with Crippen LogP contribution in [0, 0.1) is 20.8 Å². The van der Waals surface area contributed by atoms with E-state index in [9.17, 15) is 5.11 Å². The molecule has 3 N–H and O–H groups in total. The number of aliphatic hydroxyl groups is 1. The summed E-state index contributed by atoms with van der Waals surface area (Å²) in [6, 6.07) is 4.24. The molecule has 0 bridgehead atoms. The van der Waals surface area contributed by atoms with Gasteiger partial charge in [-0.25, -0.2) is 0 Å². The fourth-order valence-electron chi connectivity index (χ4n) is 3.03. The van der Waals surface area contributed by atoms with Crippen LogP contribution in [0.5, 0.6) is 0 Å². The van der Waals surface area contributed by atoms with E-state index in [1.54, 1.807) is 0 Å². The molecule has 142 valence electrons. The topological polar surface area (TPSA) is 83.0 Å². The minimum absolute atomic E-state index is 0.0437. The van der Waals surface area contributed by atoms with Gasteiger partial charge in [0, 0.05) is 12.1 Å². The molecule has 0 spiro atoms. The van der Waals surface area contributed by atoms with Crippen molar-refractivity contribution in [3.8, 4) is 0 Å². The smallest absolute Gasteiger partial charge is 0.232 e. The SMILES string of the molecule is CCCCC(CO)Nc1nc(CC)nc(Nc2c(C)cc(C)cc2C)n1. The molecule has 0 saturated heterocycles. The predicted molar refractivity (Wildman–Crippen MR) is 107 cm³/mol. The van der Waals surface area contributed by atoms with E-state index in [1.165, 1.54) is 5.56 Å². The van der Waals surface area contributed by atoms with Crippen LogP contribution in [0.1, 0.15) is 55.6 Å². The molecule has 0 radical (unpaired) electrons. The first-order valence-corrected chi connectivity index (χ1v) is 9.44. The Morgan fingerprint density at radius 1 is 1.00 bits per heavy atom. The molecule has 2 aromatic rings. The number of unbranched alkanes of at least 4 members (excludes halogenated alkanes) is 1. The molecule has 0 aliphatic carbocycles. The highest BCUT2D eigenvalue weighted by Gasteiger charge is 2.13. The van der Waals surface area contributed by atoms with Crippen LogP contribution in [-0.2, 0) is 6.42 Å². The second-order valence-electron chi connectivity index (χ2n) is 6.82. The summed E-state index contributed by atoms with van der Waals surface area (Å²) in [5, 5.41) is 16.2. The maximum Gasteiger partial charge on any atom is 0.232 e. The minimum Gasteiger partial charge on any atom is -0.394 e. The van der Waals surface area contributed by atoms with Crippen LogP contribution in [0.4, 0.5) is 17.6 Å². The lowest BCUT2D eigenvalue weighted by atomic mass is 10.1. The van der Waals surface area contributed by atoms with Crippen molar-refractivity contribution in [1.29, 1.82) is 0 Å². The molecule has 1 unspecified atom stereocenters. The van der Waals surface area contributed by atoms with E-state index >= 15 is 0 Å². The standard InChI is InChI=1S/C20H31N5O/c1-6-8-9-16(12-26)21-19-22-17(7-2)23-20(25-19)24-18-14(4)10-13(3)11-15(18)5/h10-11,16,26H,6-9,12H2,1-5H3,(H2,21,22,23,24,25). The average Bonchev–Trinajstić information content (AvgIpc) is 2.61. The van der Waals surface area contributed by atoms with Gasteiger partial charge in [-0.3, -0.25) is 0 Å². The maximum atomic E-state index is 9.59. The average molecular weight is 358 g/mol. The Balaban J connectivity index is 2.26. The van der Waals surface area contributed by atoms with Gasteiger partial charge in [0.05, 0.1) is 12.6 Å². The first-order valence-electron chi connectivity index (χ1n) is 9.44. The van der Waals surface area contributed by atoms with Crippen molar-refractivity contribution in [2.75, 3.05) is 17.2 Å². The maximum absolute atomic E-state index is 9.59. The summed E-state index contributed by atoms with van der Waals surface area (Å²) in [6.07, 6.45) is 3.75. The van der Waals surface area contributed by atoms with Crippen LogP contribution in [-0.4, -0.2) is 32.7 Å². The highest BCUT2D eigenvalue weighted by molar-refractivity contribution is 5.64. The van der Waals surface area contributed by atoms with E-state index < -0.39 is 0 Å². The summed E-state index contributed by atoms with van der Waals surface area (Å²) in [6.45, 7) is 10.5. The highest BCUT2D eigenvalue weighted by Crippen LogP contribution is 2.25. The molecule has 6 heteroatoms. The lowest BCUT2D eigenvalue weighted by molar-refractivity contribution is 0.266. The number of hydrogen-bond donors (Lipinski definition) is 3. The fraction of sp³-hybridized carbons (Fsp3) is 0.550. The number of aliphatic hydroxyl groups excluding tert-OH is 1. The largest absolute Gasteiger partial charge is 0.394 e. The van der Waals surface area contributed by atoms with E-state index in [2.05, 4.69) is 65.4 Å². The molecule has 0 amide bonds. The Morgan fingerprint density at radius 3 is 2.23 bits per heavy atom. The Hall–Kier alpha value is -2.21. The van der Waals surface area contributed by atoms with Crippen LogP contribution in [0.2, 0.25) is 0 Å². The van der Waals surface area contributed by atoms with Gasteiger partial charge in [0.15, 0.2) is 0 Å². The normalized spacial score (nSPS) is 12.1. The van der Waals surface area contributed by atoms with Crippen molar-refractivity contribution in [2.24, 2.45) is 0 Å². The van der Waals surface area contributed by atoms with E-state index in [4.69, 9.17) is 0 Å². The number of aryl methyl sites for hydroxylation is 4. The number of benzene rings is 1. The van der Waals surface area contributed by atoms with Crippen LogP contribution in [0.3, 0.4) is 0 Å². The zero-order valence-corrected chi connectivity index (χ0v) is 16.6. The molecule has 0 fully saturated rings. The van der Waals surface area contributed by atoms with Crippen molar-refractivity contribution >= 4 is 17.6 Å². The van der Waals surface area contributed by atoms with Gasteiger partial charge < -0.3 is 15.7 Å². The van der Waals surface area contributed by atoms with Crippen LogP contribution >= 0.6 is 0 Å². The lowest BCUT2D eigenvalue weighted by Crippen LogP contribution is -2.25. The quantitative estimate of drug-likeness (QED) is 0.627. The van der Waals surface area contributed by atoms with Gasteiger partial charge in [-0.05, 0) is 38.3 Å². The molecular formula is C20H31N5O. The van der Waals surface area contributed by atoms with E-state index in [1.807, 2.05) is 6.92 Å². The van der Waals surface area contributed by atoms with Crippen LogP contribution < -0.4 is 10.6 Å². The number of anilines is 3. The zero-order chi connectivity index (χ0) is 19.1. The molecule has 1 aromatic heterocycles. The van der Waals surface area contributed by atoms with Gasteiger partial charge in [-0.1, -0.05) is 44.4 Å². The number of nitrogens with zero attached hydrogens (tertiary/aromatic N) is 3. The van der Waals surface area contributed by atoms with E-state index in [-0.39, 0.29) is 12.6 Å². The highest BCUT2D eigenvalue weighted by atomic mass is 16.3. The minimum atomic E-state index is -0.0437. The second kappa shape index (κ2) is 9.48. The molecule has 6 nitrogen and oxygen atoms in total. The van der Waals surface area contributed by atoms with Crippen molar-refractivity contribution in [2.45, 2.75) is 66.3 Å². The first kappa shape index (κ1) is 20.1. The molecule has 1 heterocycles. The number of rotatable bonds is 9. The van der Waals surface area contributed by atoms with Gasteiger partial charge in [-0.15, -0.1) is 0 Å². The molecule has 1 atom stereocenters. The fourth-order valence-corrected chi connectivity index (χ4v) is 3.03. The molecule has 26 heavy (non-hydrogen) atoms. The third-order valence-electron chi connectivity index (χ3n) is 4.37. The van der Waals surface area contributed by atoms with Crippen molar-refractivity contribution < 1.29 is 5.11 Å². The Kier molecular flexibility index (Phi) is 7.33. The molecule has 0 aliphatic rings. The summed E-state index contributed by atoms with van der Waals surface area (Å²) < 4.78 is 0. The number of aromatic nitrogens is 3. The Labute approximate surface area is 156 Å². The zero-order valence-electron chi connectivity index (χ0n) is 16.6. The van der Waals surface area contributed by atoms with Gasteiger partial charge in [0.1, 0.15) is 5.82 Å². The molecule has 0 saturated carbocycles. The van der Waals surface area contributed by atoms with E-state index in [0.717, 1.165) is 48.3 Å². The van der Waals surface area contributed by atoms with Gasteiger partial charge in [0.2, 0.25) is 11.9 Å². The molecule has 0 aliphatic heterocycles. The first-order chi connectivity index (χ1) is 12.5. The summed E-state index contributed by atoms with van der Waals surface area (Å²) in [5.74, 6) is 1.76. The van der Waals surface area contributed by atoms with Crippen molar-refractivity contribution in [3.63, 3.8) is 0 Å². The number of hydrogen-bond acceptors (Lipinski definition) is 6.